The molecule has 1 aliphatic heterocycles. The lowest BCUT2D eigenvalue weighted by atomic mass is 10.1. The molecule has 0 amide bonds. The van der Waals surface area contributed by atoms with Crippen LogP contribution < -0.4 is 10.2 Å². The summed E-state index contributed by atoms with van der Waals surface area (Å²) in [5.41, 5.74) is 0. The fourth-order valence-electron chi connectivity index (χ4n) is 2.49. The Morgan fingerprint density at radius 3 is 2.95 bits per heavy atom. The van der Waals surface area contributed by atoms with Gasteiger partial charge in [-0.05, 0) is 31.2 Å². The van der Waals surface area contributed by atoms with Crippen LogP contribution in [-0.4, -0.2) is 36.3 Å². The van der Waals surface area contributed by atoms with Crippen LogP contribution in [-0.2, 0) is 0 Å². The molecule has 2 heterocycles. The molecule has 1 unspecified atom stereocenters. The second kappa shape index (κ2) is 7.34. The van der Waals surface area contributed by atoms with Gasteiger partial charge in [-0.3, -0.25) is 0 Å². The first-order valence-electron chi connectivity index (χ1n) is 7.11. The molecule has 112 valence electrons. The van der Waals surface area contributed by atoms with Gasteiger partial charge in [-0.15, -0.1) is 0 Å². The molecule has 0 spiro atoms. The number of halogens is 2. The smallest absolute Gasteiger partial charge is 0.149 e. The number of nitrogens with one attached hydrogen (secondary N) is 1. The maximum absolute atomic E-state index is 9.03. The minimum Gasteiger partial charge on any atom is -0.396 e. The summed E-state index contributed by atoms with van der Waals surface area (Å²) in [5.74, 6) is 1.99. The van der Waals surface area contributed by atoms with Crippen molar-refractivity contribution in [2.24, 2.45) is 5.92 Å². The van der Waals surface area contributed by atoms with Gasteiger partial charge in [-0.2, -0.15) is 0 Å². The van der Waals surface area contributed by atoms with Gasteiger partial charge in [0.25, 0.3) is 0 Å². The first-order chi connectivity index (χ1) is 9.65. The van der Waals surface area contributed by atoms with Crippen molar-refractivity contribution in [2.45, 2.75) is 26.2 Å². The predicted molar refractivity (Wildman–Crippen MR) is 85.1 cm³/mol. The molecule has 1 fully saturated rings. The lowest BCUT2D eigenvalue weighted by molar-refractivity contribution is 0.263. The van der Waals surface area contributed by atoms with Gasteiger partial charge in [0.2, 0.25) is 0 Å². The van der Waals surface area contributed by atoms with Gasteiger partial charge in [-0.1, -0.05) is 30.1 Å². The van der Waals surface area contributed by atoms with Gasteiger partial charge < -0.3 is 15.3 Å². The van der Waals surface area contributed by atoms with Crippen molar-refractivity contribution in [3.8, 4) is 0 Å². The lowest BCUT2D eigenvalue weighted by Gasteiger charge is -2.20. The highest BCUT2D eigenvalue weighted by Gasteiger charge is 2.25. The number of hydrogen-bond donors (Lipinski definition) is 2. The quantitative estimate of drug-likeness (QED) is 0.844. The van der Waals surface area contributed by atoms with Crippen LogP contribution >= 0.6 is 23.2 Å². The Kier molecular flexibility index (Phi) is 5.75. The number of rotatable bonds is 6. The van der Waals surface area contributed by atoms with Crippen LogP contribution in [0.4, 0.5) is 11.6 Å². The molecular formula is C14H21Cl2N3O. The second-order valence-corrected chi connectivity index (χ2v) is 5.98. The predicted octanol–water partition coefficient (Wildman–Crippen LogP) is 3.42. The summed E-state index contributed by atoms with van der Waals surface area (Å²) >= 11 is 12.4. The molecule has 4 nitrogen and oxygen atoms in total. The summed E-state index contributed by atoms with van der Waals surface area (Å²) in [4.78, 5) is 6.75. The van der Waals surface area contributed by atoms with Crippen LogP contribution in [0.1, 0.15) is 26.2 Å². The van der Waals surface area contributed by atoms with Crippen LogP contribution in [0.15, 0.2) is 6.07 Å². The van der Waals surface area contributed by atoms with Gasteiger partial charge >= 0.3 is 0 Å². The van der Waals surface area contributed by atoms with Gasteiger partial charge in [0, 0.05) is 26.2 Å². The minimum absolute atomic E-state index is 0.240. The summed E-state index contributed by atoms with van der Waals surface area (Å²) in [5, 5.41) is 13.4. The number of aromatic nitrogens is 1. The van der Waals surface area contributed by atoms with Crippen molar-refractivity contribution < 1.29 is 5.11 Å². The van der Waals surface area contributed by atoms with Crippen LogP contribution in [0.3, 0.4) is 0 Å². The monoisotopic (exact) mass is 317 g/mol. The maximum atomic E-state index is 9.03. The van der Waals surface area contributed by atoms with E-state index in [1.165, 1.54) is 0 Å². The first kappa shape index (κ1) is 15.7. The average Bonchev–Trinajstić information content (AvgIpc) is 2.87. The highest BCUT2D eigenvalue weighted by molar-refractivity contribution is 6.37. The van der Waals surface area contributed by atoms with E-state index in [2.05, 4.69) is 22.1 Å². The molecule has 0 radical (unpaired) electrons. The Balaban J connectivity index is 2.14. The molecular weight excluding hydrogens is 297 g/mol. The normalized spacial score (nSPS) is 18.6. The highest BCUT2D eigenvalue weighted by atomic mass is 35.5. The van der Waals surface area contributed by atoms with Gasteiger partial charge in [0.1, 0.15) is 11.6 Å². The fraction of sp³-hybridized carbons (Fsp3) is 0.643. The first-order valence-corrected chi connectivity index (χ1v) is 7.87. The van der Waals surface area contributed by atoms with E-state index in [0.717, 1.165) is 44.7 Å². The van der Waals surface area contributed by atoms with Crippen molar-refractivity contribution in [3.63, 3.8) is 0 Å². The van der Waals surface area contributed by atoms with E-state index in [1.807, 2.05) is 0 Å². The summed E-state index contributed by atoms with van der Waals surface area (Å²) in [6.45, 7) is 4.98. The summed E-state index contributed by atoms with van der Waals surface area (Å²) in [6.07, 6.45) is 2.92. The molecule has 0 aliphatic carbocycles. The summed E-state index contributed by atoms with van der Waals surface area (Å²) < 4.78 is 0. The zero-order valence-corrected chi connectivity index (χ0v) is 13.2. The minimum atomic E-state index is 0.240. The van der Waals surface area contributed by atoms with Crippen molar-refractivity contribution in [1.29, 1.82) is 0 Å². The van der Waals surface area contributed by atoms with Crippen molar-refractivity contribution in [1.82, 2.24) is 4.98 Å². The lowest BCUT2D eigenvalue weighted by Crippen LogP contribution is -2.22. The molecule has 0 aromatic carbocycles. The van der Waals surface area contributed by atoms with Crippen LogP contribution in [0, 0.1) is 5.92 Å². The maximum Gasteiger partial charge on any atom is 0.149 e. The van der Waals surface area contributed by atoms with Gasteiger partial charge in [0.05, 0.1) is 10.0 Å². The molecule has 0 saturated carbocycles. The van der Waals surface area contributed by atoms with Crippen LogP contribution in [0.5, 0.6) is 0 Å². The summed E-state index contributed by atoms with van der Waals surface area (Å²) in [6, 6.07) is 1.75. The molecule has 0 bridgehead atoms. The Hall–Kier alpha value is -0.710. The zero-order valence-electron chi connectivity index (χ0n) is 11.7. The largest absolute Gasteiger partial charge is 0.396 e. The SMILES string of the molecule is CCCNc1nc(N2CCC(CCO)C2)c(Cl)cc1Cl. The number of anilines is 2. The molecule has 2 N–H and O–H groups in total. The average molecular weight is 318 g/mol. The van der Waals surface area contributed by atoms with E-state index in [4.69, 9.17) is 28.3 Å². The van der Waals surface area contributed by atoms with E-state index in [9.17, 15) is 0 Å². The van der Waals surface area contributed by atoms with Crippen molar-refractivity contribution >= 4 is 34.8 Å². The van der Waals surface area contributed by atoms with Crippen LogP contribution in [0.25, 0.3) is 0 Å². The molecule has 6 heteroatoms. The molecule has 1 aliphatic rings. The second-order valence-electron chi connectivity index (χ2n) is 5.16. The van der Waals surface area contributed by atoms with Gasteiger partial charge in [0.15, 0.2) is 0 Å². The molecule has 1 aromatic heterocycles. The molecule has 1 aromatic rings. The van der Waals surface area contributed by atoms with E-state index < -0.39 is 0 Å². The topological polar surface area (TPSA) is 48.4 Å². The number of pyridine rings is 1. The van der Waals surface area contributed by atoms with E-state index in [0.29, 0.717) is 21.8 Å². The molecule has 1 atom stereocenters. The van der Waals surface area contributed by atoms with E-state index in [-0.39, 0.29) is 6.61 Å². The number of nitrogens with zero attached hydrogens (tertiary/aromatic N) is 2. The molecule has 2 rings (SSSR count). The third-order valence-corrected chi connectivity index (χ3v) is 4.14. The number of aliphatic hydroxyl groups excluding tert-OH is 1. The number of aliphatic hydroxyl groups is 1. The Morgan fingerprint density at radius 2 is 2.25 bits per heavy atom. The third kappa shape index (κ3) is 3.68. The van der Waals surface area contributed by atoms with Crippen molar-refractivity contribution in [3.05, 3.63) is 16.1 Å². The number of hydrogen-bond acceptors (Lipinski definition) is 4. The highest BCUT2D eigenvalue weighted by Crippen LogP contribution is 2.34. The fourth-order valence-corrected chi connectivity index (χ4v) is 3.03. The van der Waals surface area contributed by atoms with E-state index in [1.54, 1.807) is 6.07 Å². The zero-order chi connectivity index (χ0) is 14.5. The Bertz CT molecular complexity index is 456. The van der Waals surface area contributed by atoms with Gasteiger partial charge in [-0.25, -0.2) is 4.98 Å². The summed E-state index contributed by atoms with van der Waals surface area (Å²) in [7, 11) is 0. The van der Waals surface area contributed by atoms with Crippen molar-refractivity contribution in [2.75, 3.05) is 36.5 Å². The Labute approximate surface area is 130 Å². The third-order valence-electron chi connectivity index (χ3n) is 3.58. The Morgan fingerprint density at radius 1 is 1.45 bits per heavy atom. The molecule has 1 saturated heterocycles. The van der Waals surface area contributed by atoms with Crippen LogP contribution in [0.2, 0.25) is 10.0 Å². The van der Waals surface area contributed by atoms with E-state index >= 15 is 0 Å². The standard InChI is InChI=1S/C14H21Cl2N3O/c1-2-5-17-13-11(15)8-12(16)14(18-13)19-6-3-10(9-19)4-7-20/h8,10,20H,2-7,9H2,1H3,(H,17,18). The molecule has 20 heavy (non-hydrogen) atoms.